The van der Waals surface area contributed by atoms with E-state index in [4.69, 9.17) is 9.72 Å². The number of hydrogen-bond acceptors (Lipinski definition) is 5. The number of aromatic nitrogens is 2. The SMILES string of the molecule is c1ccc(CCNc2nc(N3CCOCC3)c3ccccc3n2)cc1. The van der Waals surface area contributed by atoms with Crippen molar-refractivity contribution in [2.45, 2.75) is 6.42 Å². The minimum absolute atomic E-state index is 0.691. The maximum atomic E-state index is 5.48. The van der Waals surface area contributed by atoms with Crippen LogP contribution >= 0.6 is 0 Å². The average molecular weight is 334 g/mol. The van der Waals surface area contributed by atoms with Crippen molar-refractivity contribution in [3.8, 4) is 0 Å². The summed E-state index contributed by atoms with van der Waals surface area (Å²) < 4.78 is 5.48. The number of anilines is 2. The molecule has 0 spiro atoms. The fraction of sp³-hybridized carbons (Fsp3) is 0.300. The van der Waals surface area contributed by atoms with Crippen molar-refractivity contribution in [1.82, 2.24) is 9.97 Å². The van der Waals surface area contributed by atoms with E-state index in [0.717, 1.165) is 56.0 Å². The Kier molecular flexibility index (Phi) is 4.74. The smallest absolute Gasteiger partial charge is 0.225 e. The van der Waals surface area contributed by atoms with Crippen molar-refractivity contribution < 1.29 is 4.74 Å². The fourth-order valence-electron chi connectivity index (χ4n) is 3.12. The van der Waals surface area contributed by atoms with Crippen LogP contribution in [0.5, 0.6) is 0 Å². The van der Waals surface area contributed by atoms with Crippen LogP contribution < -0.4 is 10.2 Å². The van der Waals surface area contributed by atoms with Crippen LogP contribution in [0, 0.1) is 0 Å². The Labute approximate surface area is 147 Å². The van der Waals surface area contributed by atoms with Gasteiger partial charge < -0.3 is 15.0 Å². The molecule has 0 atom stereocenters. The van der Waals surface area contributed by atoms with Gasteiger partial charge in [-0.2, -0.15) is 4.98 Å². The van der Waals surface area contributed by atoms with E-state index in [1.165, 1.54) is 5.56 Å². The molecule has 5 heteroatoms. The van der Waals surface area contributed by atoms with E-state index in [1.54, 1.807) is 0 Å². The predicted molar refractivity (Wildman–Crippen MR) is 101 cm³/mol. The third-order valence-corrected chi connectivity index (χ3v) is 4.43. The second-order valence-electron chi connectivity index (χ2n) is 6.15. The molecule has 1 aliphatic heterocycles. The molecule has 1 aliphatic rings. The summed E-state index contributed by atoms with van der Waals surface area (Å²) in [6, 6.07) is 18.7. The average Bonchev–Trinajstić information content (AvgIpc) is 2.69. The molecule has 0 unspecified atom stereocenters. The van der Waals surface area contributed by atoms with E-state index in [9.17, 15) is 0 Å². The molecule has 1 saturated heterocycles. The van der Waals surface area contributed by atoms with Crippen molar-refractivity contribution in [3.05, 3.63) is 60.2 Å². The Morgan fingerprint density at radius 3 is 2.52 bits per heavy atom. The van der Waals surface area contributed by atoms with E-state index >= 15 is 0 Å². The summed E-state index contributed by atoms with van der Waals surface area (Å²) in [6.07, 6.45) is 0.948. The summed E-state index contributed by atoms with van der Waals surface area (Å²) in [7, 11) is 0. The summed E-state index contributed by atoms with van der Waals surface area (Å²) >= 11 is 0. The van der Waals surface area contributed by atoms with Crippen LogP contribution in [0.2, 0.25) is 0 Å². The lowest BCUT2D eigenvalue weighted by Crippen LogP contribution is -2.37. The predicted octanol–water partition coefficient (Wildman–Crippen LogP) is 3.12. The molecule has 1 N–H and O–H groups in total. The minimum atomic E-state index is 0.691. The Bertz CT molecular complexity index is 831. The minimum Gasteiger partial charge on any atom is -0.378 e. The maximum absolute atomic E-state index is 5.48. The van der Waals surface area contributed by atoms with E-state index in [2.05, 4.69) is 45.5 Å². The van der Waals surface area contributed by atoms with Crippen LogP contribution in [0.3, 0.4) is 0 Å². The van der Waals surface area contributed by atoms with Gasteiger partial charge in [0.2, 0.25) is 5.95 Å². The van der Waals surface area contributed by atoms with Crippen LogP contribution in [0.4, 0.5) is 11.8 Å². The summed E-state index contributed by atoms with van der Waals surface area (Å²) in [5.41, 5.74) is 2.28. The van der Waals surface area contributed by atoms with Gasteiger partial charge in [0, 0.05) is 25.0 Å². The molecule has 3 aromatic rings. The van der Waals surface area contributed by atoms with Gasteiger partial charge in [-0.05, 0) is 24.1 Å². The van der Waals surface area contributed by atoms with E-state index in [-0.39, 0.29) is 0 Å². The first-order valence-electron chi connectivity index (χ1n) is 8.77. The number of rotatable bonds is 5. The zero-order valence-electron chi connectivity index (χ0n) is 14.2. The lowest BCUT2D eigenvalue weighted by atomic mass is 10.1. The van der Waals surface area contributed by atoms with Gasteiger partial charge in [0.15, 0.2) is 0 Å². The number of benzene rings is 2. The Balaban J connectivity index is 1.56. The van der Waals surface area contributed by atoms with Crippen molar-refractivity contribution in [3.63, 3.8) is 0 Å². The number of fused-ring (bicyclic) bond motifs is 1. The van der Waals surface area contributed by atoms with Crippen LogP contribution in [0.1, 0.15) is 5.56 Å². The fourth-order valence-corrected chi connectivity index (χ4v) is 3.12. The van der Waals surface area contributed by atoms with Crippen molar-refractivity contribution in [2.75, 3.05) is 43.1 Å². The van der Waals surface area contributed by atoms with Crippen molar-refractivity contribution in [1.29, 1.82) is 0 Å². The maximum Gasteiger partial charge on any atom is 0.225 e. The van der Waals surface area contributed by atoms with Crippen molar-refractivity contribution >= 4 is 22.7 Å². The Morgan fingerprint density at radius 1 is 0.920 bits per heavy atom. The molecule has 0 radical (unpaired) electrons. The highest BCUT2D eigenvalue weighted by Gasteiger charge is 2.17. The molecule has 1 aromatic heterocycles. The molecule has 128 valence electrons. The third kappa shape index (κ3) is 3.72. The molecule has 25 heavy (non-hydrogen) atoms. The molecule has 0 aliphatic carbocycles. The molecule has 2 aromatic carbocycles. The molecule has 4 rings (SSSR count). The van der Waals surface area contributed by atoms with Crippen LogP contribution in [0.25, 0.3) is 10.9 Å². The Hall–Kier alpha value is -2.66. The van der Waals surface area contributed by atoms with E-state index in [1.807, 2.05) is 24.3 Å². The summed E-state index contributed by atoms with van der Waals surface area (Å²) in [4.78, 5) is 11.8. The van der Waals surface area contributed by atoms with Gasteiger partial charge in [0.05, 0.1) is 18.7 Å². The number of hydrogen-bond donors (Lipinski definition) is 1. The highest BCUT2D eigenvalue weighted by Crippen LogP contribution is 2.25. The standard InChI is InChI=1S/C20H22N4O/c1-2-6-16(7-3-1)10-11-21-20-22-18-9-5-4-8-17(18)19(23-20)24-12-14-25-15-13-24/h1-9H,10-15H2,(H,21,22,23). The Morgan fingerprint density at radius 2 is 1.68 bits per heavy atom. The topological polar surface area (TPSA) is 50.3 Å². The number of nitrogens with zero attached hydrogens (tertiary/aromatic N) is 3. The molecule has 1 fully saturated rings. The van der Waals surface area contributed by atoms with Gasteiger partial charge in [0.1, 0.15) is 5.82 Å². The normalized spacial score (nSPS) is 14.6. The monoisotopic (exact) mass is 334 g/mol. The largest absolute Gasteiger partial charge is 0.378 e. The van der Waals surface area contributed by atoms with Gasteiger partial charge >= 0.3 is 0 Å². The molecule has 2 heterocycles. The highest BCUT2D eigenvalue weighted by molar-refractivity contribution is 5.90. The van der Waals surface area contributed by atoms with Crippen LogP contribution in [-0.4, -0.2) is 42.8 Å². The van der Waals surface area contributed by atoms with Gasteiger partial charge in [-0.25, -0.2) is 4.98 Å². The van der Waals surface area contributed by atoms with E-state index < -0.39 is 0 Å². The highest BCUT2D eigenvalue weighted by atomic mass is 16.5. The lowest BCUT2D eigenvalue weighted by molar-refractivity contribution is 0.122. The number of ether oxygens (including phenoxy) is 1. The zero-order valence-corrected chi connectivity index (χ0v) is 14.2. The third-order valence-electron chi connectivity index (χ3n) is 4.43. The molecular weight excluding hydrogens is 312 g/mol. The van der Waals surface area contributed by atoms with Gasteiger partial charge in [-0.15, -0.1) is 0 Å². The zero-order chi connectivity index (χ0) is 16.9. The molecular formula is C20H22N4O. The first-order chi connectivity index (χ1) is 12.4. The van der Waals surface area contributed by atoms with Crippen LogP contribution in [0.15, 0.2) is 54.6 Å². The summed E-state index contributed by atoms with van der Waals surface area (Å²) in [5, 5.41) is 4.48. The van der Waals surface area contributed by atoms with Crippen molar-refractivity contribution in [2.24, 2.45) is 0 Å². The second kappa shape index (κ2) is 7.49. The number of para-hydroxylation sites is 1. The lowest BCUT2D eigenvalue weighted by Gasteiger charge is -2.29. The summed E-state index contributed by atoms with van der Waals surface area (Å²) in [5.74, 6) is 1.69. The molecule has 0 bridgehead atoms. The first-order valence-corrected chi connectivity index (χ1v) is 8.77. The van der Waals surface area contributed by atoms with E-state index in [0.29, 0.717) is 5.95 Å². The molecule has 5 nitrogen and oxygen atoms in total. The van der Waals surface area contributed by atoms with Gasteiger partial charge in [-0.3, -0.25) is 0 Å². The van der Waals surface area contributed by atoms with Crippen LogP contribution in [-0.2, 0) is 11.2 Å². The molecule has 0 amide bonds. The number of morpholine rings is 1. The second-order valence-corrected chi connectivity index (χ2v) is 6.15. The molecule has 0 saturated carbocycles. The quantitative estimate of drug-likeness (QED) is 0.777. The van der Waals surface area contributed by atoms with Gasteiger partial charge in [-0.1, -0.05) is 42.5 Å². The van der Waals surface area contributed by atoms with Gasteiger partial charge in [0.25, 0.3) is 0 Å². The summed E-state index contributed by atoms with van der Waals surface area (Å²) in [6.45, 7) is 4.03. The number of nitrogens with one attached hydrogen (secondary N) is 1. The first kappa shape index (κ1) is 15.8.